The van der Waals surface area contributed by atoms with E-state index >= 15 is 0 Å². The van der Waals surface area contributed by atoms with Gasteiger partial charge in [0.2, 0.25) is 5.91 Å². The Morgan fingerprint density at radius 2 is 1.97 bits per heavy atom. The summed E-state index contributed by atoms with van der Waals surface area (Å²) in [5, 5.41) is 24.9. The number of likely N-dealkylation sites (tertiary alicyclic amines) is 1. The van der Waals surface area contributed by atoms with Gasteiger partial charge < -0.3 is 20.6 Å². The number of pyridine rings is 1. The molecule has 2 fully saturated rings. The van der Waals surface area contributed by atoms with Gasteiger partial charge in [-0.2, -0.15) is 0 Å². The van der Waals surface area contributed by atoms with Crippen LogP contribution in [0.25, 0.3) is 11.3 Å². The maximum absolute atomic E-state index is 14.5. The molecular formula is C28H32ClFN6O2S. The lowest BCUT2D eigenvalue weighted by Gasteiger charge is -2.44. The van der Waals surface area contributed by atoms with Crippen molar-refractivity contribution in [3.05, 3.63) is 53.4 Å². The molecule has 8 nitrogen and oxygen atoms in total. The van der Waals surface area contributed by atoms with Crippen LogP contribution in [0.2, 0.25) is 5.02 Å². The fourth-order valence-electron chi connectivity index (χ4n) is 5.00. The summed E-state index contributed by atoms with van der Waals surface area (Å²) in [6, 6.07) is 9.98. The summed E-state index contributed by atoms with van der Waals surface area (Å²) in [6.07, 6.45) is 5.85. The number of piperidine rings is 1. The van der Waals surface area contributed by atoms with E-state index < -0.39 is 5.82 Å². The molecule has 3 N–H and O–H groups in total. The summed E-state index contributed by atoms with van der Waals surface area (Å²) < 4.78 is 14.5. The zero-order valence-electron chi connectivity index (χ0n) is 21.7. The van der Waals surface area contributed by atoms with Crippen molar-refractivity contribution in [3.8, 4) is 11.3 Å². The number of nitrogens with one attached hydrogen (secondary N) is 2. The first-order chi connectivity index (χ1) is 18.9. The Morgan fingerprint density at radius 1 is 1.18 bits per heavy atom. The number of carbonyl (C=O) groups excluding carboxylic acids is 1. The SMILES string of the molecule is CC1CCN(C2CC(C(=O)Nc3cc(Nc4cc(-c5cc(Cl)ccc5F)nnc4SCCO)ccn3)C2)CC1. The molecule has 0 radical (unpaired) electrons. The van der Waals surface area contributed by atoms with Crippen LogP contribution in [0.5, 0.6) is 0 Å². The summed E-state index contributed by atoms with van der Waals surface area (Å²) in [5.74, 6) is 1.19. The van der Waals surface area contributed by atoms with Gasteiger partial charge in [0.15, 0.2) is 0 Å². The average Bonchev–Trinajstić information content (AvgIpc) is 2.90. The molecule has 206 valence electrons. The highest BCUT2D eigenvalue weighted by molar-refractivity contribution is 7.99. The Labute approximate surface area is 236 Å². The number of hydrogen-bond donors (Lipinski definition) is 3. The number of benzene rings is 1. The second-order valence-corrected chi connectivity index (χ2v) is 11.7. The minimum atomic E-state index is -0.461. The number of carbonyl (C=O) groups is 1. The quantitative estimate of drug-likeness (QED) is 0.285. The predicted octanol–water partition coefficient (Wildman–Crippen LogP) is 5.61. The average molecular weight is 571 g/mol. The predicted molar refractivity (Wildman–Crippen MR) is 153 cm³/mol. The normalized spacial score (nSPS) is 19.9. The first-order valence-corrected chi connectivity index (χ1v) is 14.6. The molecule has 1 aromatic carbocycles. The van der Waals surface area contributed by atoms with E-state index in [4.69, 9.17) is 11.6 Å². The highest BCUT2D eigenvalue weighted by atomic mass is 35.5. The first kappa shape index (κ1) is 27.8. The van der Waals surface area contributed by atoms with Crippen molar-refractivity contribution in [2.45, 2.75) is 43.7 Å². The van der Waals surface area contributed by atoms with Gasteiger partial charge in [-0.15, -0.1) is 22.0 Å². The summed E-state index contributed by atoms with van der Waals surface area (Å²) >= 11 is 7.40. The molecule has 1 aliphatic heterocycles. The van der Waals surface area contributed by atoms with E-state index in [1.54, 1.807) is 24.4 Å². The Balaban J connectivity index is 1.27. The number of rotatable bonds is 9. The lowest BCUT2D eigenvalue weighted by Crippen LogP contribution is -2.50. The van der Waals surface area contributed by atoms with Crippen molar-refractivity contribution in [1.29, 1.82) is 0 Å². The molecule has 0 unspecified atom stereocenters. The second kappa shape index (κ2) is 12.6. The summed E-state index contributed by atoms with van der Waals surface area (Å²) in [5.41, 5.74) is 1.80. The van der Waals surface area contributed by atoms with Crippen LogP contribution < -0.4 is 10.6 Å². The van der Waals surface area contributed by atoms with Crippen LogP contribution in [0.3, 0.4) is 0 Å². The van der Waals surface area contributed by atoms with E-state index in [2.05, 4.69) is 37.6 Å². The molecule has 1 aliphatic carbocycles. The molecular weight excluding hydrogens is 539 g/mol. The van der Waals surface area contributed by atoms with Crippen molar-refractivity contribution in [3.63, 3.8) is 0 Å². The topological polar surface area (TPSA) is 103 Å². The van der Waals surface area contributed by atoms with E-state index in [0.717, 1.165) is 31.8 Å². The van der Waals surface area contributed by atoms with Crippen molar-refractivity contribution < 1.29 is 14.3 Å². The zero-order chi connectivity index (χ0) is 27.4. The van der Waals surface area contributed by atoms with Gasteiger partial charge in [-0.25, -0.2) is 9.37 Å². The molecule has 3 heterocycles. The monoisotopic (exact) mass is 570 g/mol. The Bertz CT molecular complexity index is 1320. The van der Waals surface area contributed by atoms with Crippen LogP contribution in [0, 0.1) is 17.7 Å². The van der Waals surface area contributed by atoms with E-state index in [0.29, 0.717) is 44.7 Å². The van der Waals surface area contributed by atoms with Crippen LogP contribution in [-0.4, -0.2) is 62.6 Å². The van der Waals surface area contributed by atoms with Gasteiger partial charge in [-0.1, -0.05) is 18.5 Å². The van der Waals surface area contributed by atoms with Crippen LogP contribution in [0.1, 0.15) is 32.6 Å². The number of amides is 1. The molecule has 2 aliphatic rings. The van der Waals surface area contributed by atoms with Gasteiger partial charge in [-0.05, 0) is 75.0 Å². The molecule has 0 spiro atoms. The number of halogens is 2. The summed E-state index contributed by atoms with van der Waals surface area (Å²) in [7, 11) is 0. The molecule has 3 aromatic rings. The Kier molecular flexibility index (Phi) is 8.96. The number of anilines is 3. The van der Waals surface area contributed by atoms with Gasteiger partial charge in [0.25, 0.3) is 0 Å². The van der Waals surface area contributed by atoms with Crippen molar-refractivity contribution in [2.24, 2.45) is 11.8 Å². The largest absolute Gasteiger partial charge is 0.396 e. The minimum Gasteiger partial charge on any atom is -0.396 e. The van der Waals surface area contributed by atoms with Crippen molar-refractivity contribution >= 4 is 46.5 Å². The Hall–Kier alpha value is -2.79. The Morgan fingerprint density at radius 3 is 2.74 bits per heavy atom. The maximum Gasteiger partial charge on any atom is 0.228 e. The van der Waals surface area contributed by atoms with Crippen LogP contribution in [0.15, 0.2) is 47.6 Å². The fraction of sp³-hybridized carbons (Fsp3) is 0.429. The van der Waals surface area contributed by atoms with Crippen LogP contribution >= 0.6 is 23.4 Å². The van der Waals surface area contributed by atoms with E-state index in [1.165, 1.54) is 42.8 Å². The van der Waals surface area contributed by atoms with Gasteiger partial charge in [0, 0.05) is 46.2 Å². The third-order valence-corrected chi connectivity index (χ3v) is 8.60. The third-order valence-electron chi connectivity index (χ3n) is 7.40. The van der Waals surface area contributed by atoms with Crippen LogP contribution in [-0.2, 0) is 4.79 Å². The van der Waals surface area contributed by atoms with E-state index in [1.807, 2.05) is 0 Å². The van der Waals surface area contributed by atoms with Crippen molar-refractivity contribution in [1.82, 2.24) is 20.1 Å². The lowest BCUT2D eigenvalue weighted by atomic mass is 9.77. The number of nitrogens with zero attached hydrogens (tertiary/aromatic N) is 4. The molecule has 0 atom stereocenters. The van der Waals surface area contributed by atoms with E-state index in [9.17, 15) is 14.3 Å². The van der Waals surface area contributed by atoms with Gasteiger partial charge in [0.1, 0.15) is 16.7 Å². The van der Waals surface area contributed by atoms with Gasteiger partial charge in [-0.3, -0.25) is 4.79 Å². The lowest BCUT2D eigenvalue weighted by molar-refractivity contribution is -0.124. The van der Waals surface area contributed by atoms with Crippen LogP contribution in [0.4, 0.5) is 21.6 Å². The zero-order valence-corrected chi connectivity index (χ0v) is 23.3. The third kappa shape index (κ3) is 6.87. The fourth-order valence-corrected chi connectivity index (χ4v) is 5.82. The molecule has 2 aromatic heterocycles. The number of aliphatic hydroxyl groups is 1. The molecule has 39 heavy (non-hydrogen) atoms. The van der Waals surface area contributed by atoms with Gasteiger partial charge >= 0.3 is 0 Å². The summed E-state index contributed by atoms with van der Waals surface area (Å²) in [6.45, 7) is 4.54. The molecule has 1 amide bonds. The number of aliphatic hydroxyl groups excluding tert-OH is 1. The number of hydrogen-bond acceptors (Lipinski definition) is 8. The molecule has 1 saturated carbocycles. The molecule has 5 rings (SSSR count). The molecule has 1 saturated heterocycles. The maximum atomic E-state index is 14.5. The number of thioether (sulfide) groups is 1. The highest BCUT2D eigenvalue weighted by Gasteiger charge is 2.38. The number of aromatic nitrogens is 3. The smallest absolute Gasteiger partial charge is 0.228 e. The molecule has 11 heteroatoms. The molecule has 0 bridgehead atoms. The van der Waals surface area contributed by atoms with E-state index in [-0.39, 0.29) is 24.0 Å². The van der Waals surface area contributed by atoms with Gasteiger partial charge in [0.05, 0.1) is 18.0 Å². The highest BCUT2D eigenvalue weighted by Crippen LogP contribution is 2.36. The summed E-state index contributed by atoms with van der Waals surface area (Å²) in [4.78, 5) is 19.8. The second-order valence-electron chi connectivity index (χ2n) is 10.2. The minimum absolute atomic E-state index is 0.00574. The van der Waals surface area contributed by atoms with Crippen molar-refractivity contribution in [2.75, 3.05) is 36.1 Å². The standard InChI is InChI=1S/C28H32ClFN6O2S/c1-17-5-8-36(9-6-17)21-12-18(13-21)27(38)33-26-15-20(4-7-31-26)32-25-16-24(34-35-28(25)39-11-10-37)22-14-19(29)2-3-23(22)30/h2-4,7,14-18,21,37H,5-6,8-13H2,1H3,(H2,31,32,33,34,38). The first-order valence-electron chi connectivity index (χ1n) is 13.2.